The van der Waals surface area contributed by atoms with E-state index in [-0.39, 0.29) is 0 Å². The highest BCUT2D eigenvalue weighted by molar-refractivity contribution is 9.11. The summed E-state index contributed by atoms with van der Waals surface area (Å²) < 4.78 is 24.9. The molecule has 4 aromatic carbocycles. The molecule has 20 nitrogen and oxygen atoms in total. The molecule has 0 saturated carbocycles. The summed E-state index contributed by atoms with van der Waals surface area (Å²) in [5, 5.41) is 34.0. The number of aromatic nitrogens is 12. The second kappa shape index (κ2) is 19.4. The van der Waals surface area contributed by atoms with Crippen molar-refractivity contribution < 1.29 is 38.1 Å². The van der Waals surface area contributed by atoms with Gasteiger partial charge in [-0.15, -0.1) is 10.2 Å². The molecule has 0 spiro atoms. The summed E-state index contributed by atoms with van der Waals surface area (Å²) in [6.07, 6.45) is 0. The Morgan fingerprint density at radius 2 is 0.966 bits per heavy atom. The van der Waals surface area contributed by atoms with Crippen molar-refractivity contribution in [3.8, 4) is 0 Å². The van der Waals surface area contributed by atoms with E-state index in [4.69, 9.17) is 4.74 Å². The summed E-state index contributed by atoms with van der Waals surface area (Å²) in [5.74, 6) is -1.65. The van der Waals surface area contributed by atoms with Gasteiger partial charge in [-0.25, -0.2) is 28.5 Å². The van der Waals surface area contributed by atoms with Crippen LogP contribution in [0.3, 0.4) is 0 Å². The maximum absolute atomic E-state index is 11.5. The minimum atomic E-state index is -0.426. The third-order valence-electron chi connectivity index (χ3n) is 7.91. The van der Waals surface area contributed by atoms with Crippen molar-refractivity contribution in [1.82, 2.24) is 60.4 Å². The monoisotopic (exact) mass is 1060 g/mol. The molecule has 8 aromatic rings. The number of aryl methyl sites for hydroxylation is 3. The van der Waals surface area contributed by atoms with Crippen LogP contribution < -0.4 is 0 Å². The first-order chi connectivity index (χ1) is 28.1. The fourth-order valence-corrected chi connectivity index (χ4v) is 7.11. The summed E-state index contributed by atoms with van der Waals surface area (Å²) in [6.45, 7) is 0. The lowest BCUT2D eigenvalue weighted by Crippen LogP contribution is -2.04. The van der Waals surface area contributed by atoms with E-state index in [1.54, 1.807) is 73.0 Å². The minimum absolute atomic E-state index is 0.394. The quantitative estimate of drug-likeness (QED) is 0.156. The Kier molecular flexibility index (Phi) is 14.6. The summed E-state index contributed by atoms with van der Waals surface area (Å²) >= 11 is 13.2. The maximum atomic E-state index is 11.5. The Morgan fingerprint density at radius 3 is 1.54 bits per heavy atom. The summed E-state index contributed by atoms with van der Waals surface area (Å²) in [7, 11) is 10.6. The molecule has 306 valence electrons. The highest BCUT2D eigenvalue weighted by atomic mass is 79.9. The number of rotatable bonds is 4. The van der Waals surface area contributed by atoms with Crippen LogP contribution in [0.15, 0.2) is 66.4 Å². The van der Waals surface area contributed by atoms with Crippen molar-refractivity contribution in [2.24, 2.45) is 21.1 Å². The molecular weight excluding hydrogens is 1040 g/mol. The predicted molar refractivity (Wildman–Crippen MR) is 226 cm³/mol. The lowest BCUT2D eigenvalue weighted by atomic mass is 10.2. The minimum Gasteiger partial charge on any atom is -0.465 e. The van der Waals surface area contributed by atoms with Gasteiger partial charge in [-0.3, -0.25) is 0 Å². The number of carbonyl (C=O) groups excluding carboxylic acids is 4. The first-order valence-corrected chi connectivity index (χ1v) is 19.6. The van der Waals surface area contributed by atoms with Gasteiger partial charge >= 0.3 is 23.9 Å². The lowest BCUT2D eigenvalue weighted by molar-refractivity contribution is 0.0593. The van der Waals surface area contributed by atoms with E-state index in [0.717, 1.165) is 23.4 Å². The number of fused-ring (bicyclic) bond motifs is 4. The molecule has 0 aliphatic carbocycles. The molecule has 59 heavy (non-hydrogen) atoms. The first-order valence-electron chi connectivity index (χ1n) is 16.4. The number of aromatic amines is 1. The van der Waals surface area contributed by atoms with E-state index < -0.39 is 23.9 Å². The number of H-pyrrole nitrogens is 1. The number of ether oxygens (including phenoxy) is 4. The number of nitrogens with one attached hydrogen (secondary N) is 1. The number of nitrogens with zero attached hydrogens (tertiary/aromatic N) is 11. The number of benzene rings is 4. The second-order valence-electron chi connectivity index (χ2n) is 11.7. The number of hydrogen-bond acceptors (Lipinski definition) is 16. The number of esters is 4. The van der Waals surface area contributed by atoms with Gasteiger partial charge in [-0.1, -0.05) is 74.1 Å². The van der Waals surface area contributed by atoms with Crippen molar-refractivity contribution in [1.29, 1.82) is 0 Å². The molecule has 24 heteroatoms. The predicted octanol–water partition coefficient (Wildman–Crippen LogP) is 6.06. The molecule has 0 atom stereocenters. The van der Waals surface area contributed by atoms with E-state index in [9.17, 15) is 19.2 Å². The molecule has 8 rings (SSSR count). The average Bonchev–Trinajstić information content (AvgIpc) is 4.02. The van der Waals surface area contributed by atoms with E-state index in [1.165, 1.54) is 33.2 Å². The third-order valence-corrected chi connectivity index (χ3v) is 9.74. The van der Waals surface area contributed by atoms with Gasteiger partial charge in [0.25, 0.3) is 0 Å². The van der Waals surface area contributed by atoms with Crippen LogP contribution in [-0.4, -0.2) is 113 Å². The largest absolute Gasteiger partial charge is 0.465 e. The Balaban J connectivity index is 0.000000150. The van der Waals surface area contributed by atoms with Crippen molar-refractivity contribution in [2.75, 3.05) is 28.4 Å². The molecule has 0 aliphatic rings. The average molecular weight is 1070 g/mol. The number of hydrogen-bond donors (Lipinski definition) is 1. The summed E-state index contributed by atoms with van der Waals surface area (Å²) in [5.41, 5.74) is 6.68. The van der Waals surface area contributed by atoms with Crippen molar-refractivity contribution >= 4 is 132 Å². The van der Waals surface area contributed by atoms with Gasteiger partial charge in [-0.2, -0.15) is 30.4 Å². The summed E-state index contributed by atoms with van der Waals surface area (Å²) in [6, 6.07) is 13.9. The second-order valence-corrected chi connectivity index (χ2v) is 15.4. The zero-order valence-corrected chi connectivity index (χ0v) is 38.2. The zero-order valence-electron chi connectivity index (χ0n) is 31.8. The SMILES string of the molecule is COC(=O)c1cc(Br)cc2c1nnn2C.COC(=O)c1cc(Br)cc2n[nH]nc12.COC(=O)c1cc(Br)cc2nn(C)nc12.COC(=O)c1cc(Br)cc2nnn(C)c12. The molecule has 1 N–H and O–H groups in total. The maximum Gasteiger partial charge on any atom is 0.340 e. The molecule has 0 unspecified atom stereocenters. The van der Waals surface area contributed by atoms with Crippen LogP contribution in [0.5, 0.6) is 0 Å². The fraction of sp³-hybridized carbons (Fsp3) is 0.200. The molecule has 4 heterocycles. The fourth-order valence-electron chi connectivity index (χ4n) is 5.33. The molecule has 0 amide bonds. The van der Waals surface area contributed by atoms with E-state index in [2.05, 4.69) is 124 Å². The summed E-state index contributed by atoms with van der Waals surface area (Å²) in [4.78, 5) is 47.2. The molecular formula is C35H30Br4N12O8. The zero-order chi connectivity index (χ0) is 43.1. The van der Waals surface area contributed by atoms with Gasteiger partial charge in [0.1, 0.15) is 38.6 Å². The van der Waals surface area contributed by atoms with Gasteiger partial charge in [0, 0.05) is 39.0 Å². The molecule has 0 aliphatic heterocycles. The smallest absolute Gasteiger partial charge is 0.340 e. The molecule has 0 bridgehead atoms. The van der Waals surface area contributed by atoms with Gasteiger partial charge < -0.3 is 18.9 Å². The van der Waals surface area contributed by atoms with Crippen LogP contribution >= 0.6 is 63.7 Å². The van der Waals surface area contributed by atoms with Crippen LogP contribution in [0.25, 0.3) is 44.1 Å². The third kappa shape index (κ3) is 10.1. The molecule has 0 radical (unpaired) electrons. The Hall–Kier alpha value is -5.72. The van der Waals surface area contributed by atoms with Crippen molar-refractivity contribution in [3.05, 3.63) is 88.7 Å². The van der Waals surface area contributed by atoms with Gasteiger partial charge in [0.05, 0.1) is 56.2 Å². The van der Waals surface area contributed by atoms with Gasteiger partial charge in [0.2, 0.25) is 0 Å². The van der Waals surface area contributed by atoms with E-state index in [0.29, 0.717) is 60.9 Å². The van der Waals surface area contributed by atoms with E-state index in [1.807, 2.05) is 6.07 Å². The number of halogens is 4. The van der Waals surface area contributed by atoms with Crippen LogP contribution in [0, 0.1) is 0 Å². The topological polar surface area (TPSA) is 239 Å². The van der Waals surface area contributed by atoms with Gasteiger partial charge in [-0.05, 0) is 48.5 Å². The van der Waals surface area contributed by atoms with Crippen LogP contribution in [0.4, 0.5) is 0 Å². The normalized spacial score (nSPS) is 10.6. The highest BCUT2D eigenvalue weighted by Crippen LogP contribution is 2.25. The highest BCUT2D eigenvalue weighted by Gasteiger charge is 2.18. The Bertz CT molecular complexity index is 2840. The van der Waals surface area contributed by atoms with Crippen molar-refractivity contribution in [3.63, 3.8) is 0 Å². The van der Waals surface area contributed by atoms with E-state index >= 15 is 0 Å². The Labute approximate surface area is 366 Å². The van der Waals surface area contributed by atoms with Gasteiger partial charge in [0.15, 0.2) is 0 Å². The standard InChI is InChI=1S/3C9H8BrN3O2.C8H6BrN3O2/c1-13-7-4-5(10)3-6(9(14)15-2)8(7)11-12-13;1-13-8-6(9(14)15-2)3-5(10)4-7(8)11-12-13;1-13-11-7-4-5(10)3-6(8(7)12-13)9(14)15-2;1-14-8(13)5-2-4(9)3-6-7(5)11-12-10-6/h3*3-4H,1-2H3;2-3H,1H3,(H,10,11,12). The number of carbonyl (C=O) groups is 4. The van der Waals surface area contributed by atoms with Crippen molar-refractivity contribution in [2.45, 2.75) is 0 Å². The molecule has 0 saturated heterocycles. The molecule has 4 aromatic heterocycles. The van der Waals surface area contributed by atoms with Crippen LogP contribution in [0.1, 0.15) is 41.4 Å². The van der Waals surface area contributed by atoms with Crippen LogP contribution in [-0.2, 0) is 40.1 Å². The lowest BCUT2D eigenvalue weighted by Gasteiger charge is -2.02. The Morgan fingerprint density at radius 1 is 0.508 bits per heavy atom. The number of methoxy groups -OCH3 is 4. The van der Waals surface area contributed by atoms with Crippen LogP contribution in [0.2, 0.25) is 0 Å². The molecule has 0 fully saturated rings. The first kappa shape index (κ1) is 44.4.